The lowest BCUT2D eigenvalue weighted by Gasteiger charge is -2.14. The number of ether oxygens (including phenoxy) is 2. The minimum absolute atomic E-state index is 0.140. The molecule has 0 atom stereocenters. The predicted molar refractivity (Wildman–Crippen MR) is 174 cm³/mol. The van der Waals surface area contributed by atoms with Gasteiger partial charge in [-0.2, -0.15) is 10.2 Å². The van der Waals surface area contributed by atoms with Crippen molar-refractivity contribution in [2.75, 3.05) is 24.3 Å². The number of nitrogen functional groups attached to an aromatic ring is 1. The molecule has 4 rings (SSSR count). The van der Waals surface area contributed by atoms with Gasteiger partial charge in [-0.05, 0) is 62.1 Å². The van der Waals surface area contributed by atoms with Crippen molar-refractivity contribution >= 4 is 40.7 Å². The fraction of sp³-hybridized carbons (Fsp3) is 0.406. The number of hydrogen-bond donors (Lipinski definition) is 2. The minimum Gasteiger partial charge on any atom is -0.493 e. The third-order valence-electron chi connectivity index (χ3n) is 6.12. The fourth-order valence-corrected chi connectivity index (χ4v) is 4.46. The molecule has 2 aromatic carbocycles. The van der Waals surface area contributed by atoms with E-state index in [-0.39, 0.29) is 5.91 Å². The van der Waals surface area contributed by atoms with Crippen molar-refractivity contribution in [3.05, 3.63) is 81.1 Å². The SMILES string of the molecule is CC(=O)Nc1cc(C)n(Cc2cc(Cl)ccc2OCC(C)C)n1.Cc1cc(N)nn1Cc1cc(Cl)ccc1OCC(C)C. The lowest BCUT2D eigenvalue weighted by atomic mass is 10.2. The first kappa shape index (κ1) is 33.8. The Balaban J connectivity index is 0.000000238. The van der Waals surface area contributed by atoms with E-state index in [1.165, 1.54) is 6.92 Å². The van der Waals surface area contributed by atoms with Crippen molar-refractivity contribution in [3.8, 4) is 11.5 Å². The van der Waals surface area contributed by atoms with Crippen LogP contribution in [0.15, 0.2) is 48.5 Å². The molecule has 11 heteroatoms. The molecule has 0 bridgehead atoms. The highest BCUT2D eigenvalue weighted by Gasteiger charge is 2.12. The second kappa shape index (κ2) is 15.7. The van der Waals surface area contributed by atoms with E-state index in [1.807, 2.05) is 71.7 Å². The van der Waals surface area contributed by atoms with Crippen LogP contribution in [0, 0.1) is 25.7 Å². The zero-order valence-corrected chi connectivity index (χ0v) is 27.5. The molecule has 1 amide bonds. The molecular weight excluding hydrogens is 587 g/mol. The van der Waals surface area contributed by atoms with Crippen molar-refractivity contribution in [2.24, 2.45) is 11.8 Å². The number of hydrogen-bond acceptors (Lipinski definition) is 6. The van der Waals surface area contributed by atoms with Gasteiger partial charge in [0.25, 0.3) is 0 Å². The number of aryl methyl sites for hydroxylation is 2. The van der Waals surface area contributed by atoms with Crippen LogP contribution in [-0.2, 0) is 17.9 Å². The molecule has 0 spiro atoms. The summed E-state index contributed by atoms with van der Waals surface area (Å²) in [6.45, 7) is 16.3. The van der Waals surface area contributed by atoms with Crippen molar-refractivity contribution in [1.82, 2.24) is 19.6 Å². The van der Waals surface area contributed by atoms with Crippen molar-refractivity contribution in [2.45, 2.75) is 61.6 Å². The maximum Gasteiger partial charge on any atom is 0.222 e. The normalized spacial score (nSPS) is 11.0. The summed E-state index contributed by atoms with van der Waals surface area (Å²) in [6.07, 6.45) is 0. The molecule has 0 aliphatic rings. The van der Waals surface area contributed by atoms with E-state index >= 15 is 0 Å². The maximum absolute atomic E-state index is 11.1. The summed E-state index contributed by atoms with van der Waals surface area (Å²) in [5.41, 5.74) is 9.63. The van der Waals surface area contributed by atoms with E-state index in [9.17, 15) is 4.79 Å². The van der Waals surface area contributed by atoms with E-state index in [4.69, 9.17) is 38.4 Å². The zero-order chi connectivity index (χ0) is 31.7. The summed E-state index contributed by atoms with van der Waals surface area (Å²) in [4.78, 5) is 11.1. The Morgan fingerprint density at radius 2 is 1.28 bits per heavy atom. The van der Waals surface area contributed by atoms with Gasteiger partial charge in [-0.3, -0.25) is 14.2 Å². The quantitative estimate of drug-likeness (QED) is 0.179. The molecule has 43 heavy (non-hydrogen) atoms. The molecule has 2 heterocycles. The summed E-state index contributed by atoms with van der Waals surface area (Å²) in [6, 6.07) is 14.9. The molecule has 0 unspecified atom stereocenters. The summed E-state index contributed by atoms with van der Waals surface area (Å²) >= 11 is 12.2. The number of benzene rings is 2. The molecular formula is C32H42Cl2N6O3. The average Bonchev–Trinajstić information content (AvgIpc) is 3.41. The summed E-state index contributed by atoms with van der Waals surface area (Å²) in [7, 11) is 0. The van der Waals surface area contributed by atoms with Gasteiger partial charge >= 0.3 is 0 Å². The number of aromatic nitrogens is 4. The van der Waals surface area contributed by atoms with Gasteiger partial charge < -0.3 is 20.5 Å². The number of nitrogens with one attached hydrogen (secondary N) is 1. The van der Waals surface area contributed by atoms with Crippen molar-refractivity contribution < 1.29 is 14.3 Å². The Labute approximate surface area is 264 Å². The molecule has 3 N–H and O–H groups in total. The summed E-state index contributed by atoms with van der Waals surface area (Å²) in [5, 5.41) is 12.7. The van der Waals surface area contributed by atoms with Gasteiger partial charge in [0.1, 0.15) is 17.3 Å². The van der Waals surface area contributed by atoms with Gasteiger partial charge in [0.2, 0.25) is 5.91 Å². The van der Waals surface area contributed by atoms with Crippen LogP contribution in [0.25, 0.3) is 0 Å². The van der Waals surface area contributed by atoms with Gasteiger partial charge in [-0.1, -0.05) is 50.9 Å². The highest BCUT2D eigenvalue weighted by atomic mass is 35.5. The third-order valence-corrected chi connectivity index (χ3v) is 6.59. The van der Waals surface area contributed by atoms with Crippen LogP contribution in [0.3, 0.4) is 0 Å². The number of nitrogens with zero attached hydrogens (tertiary/aromatic N) is 4. The number of anilines is 2. The largest absolute Gasteiger partial charge is 0.493 e. The van der Waals surface area contributed by atoms with E-state index in [1.54, 1.807) is 0 Å². The molecule has 4 aromatic rings. The van der Waals surface area contributed by atoms with Gasteiger partial charge in [0, 0.05) is 51.6 Å². The van der Waals surface area contributed by atoms with Crippen LogP contribution in [0.4, 0.5) is 11.6 Å². The smallest absolute Gasteiger partial charge is 0.222 e. The van der Waals surface area contributed by atoms with Crippen molar-refractivity contribution in [1.29, 1.82) is 0 Å². The van der Waals surface area contributed by atoms with Gasteiger partial charge in [0.15, 0.2) is 5.82 Å². The lowest BCUT2D eigenvalue weighted by Crippen LogP contribution is -2.10. The molecule has 232 valence electrons. The number of rotatable bonds is 11. The molecule has 0 radical (unpaired) electrons. The first-order chi connectivity index (χ1) is 20.3. The molecule has 9 nitrogen and oxygen atoms in total. The number of carbonyl (C=O) groups excluding carboxylic acids is 1. The van der Waals surface area contributed by atoms with Crippen LogP contribution in [0.2, 0.25) is 10.0 Å². The van der Waals surface area contributed by atoms with Crippen LogP contribution in [-0.4, -0.2) is 38.7 Å². The van der Waals surface area contributed by atoms with E-state index in [2.05, 4.69) is 43.2 Å². The highest BCUT2D eigenvalue weighted by Crippen LogP contribution is 2.26. The van der Waals surface area contributed by atoms with Crippen LogP contribution < -0.4 is 20.5 Å². The zero-order valence-electron chi connectivity index (χ0n) is 25.9. The van der Waals surface area contributed by atoms with Gasteiger partial charge in [-0.25, -0.2) is 0 Å². The number of halogens is 2. The lowest BCUT2D eigenvalue weighted by molar-refractivity contribution is -0.114. The van der Waals surface area contributed by atoms with Gasteiger partial charge in [0.05, 0.1) is 26.3 Å². The third kappa shape index (κ3) is 10.8. The number of nitrogens with two attached hydrogens (primary N) is 1. The Morgan fingerprint density at radius 1 is 0.814 bits per heavy atom. The van der Waals surface area contributed by atoms with Gasteiger partial charge in [-0.15, -0.1) is 0 Å². The van der Waals surface area contributed by atoms with Crippen LogP contribution in [0.5, 0.6) is 11.5 Å². The van der Waals surface area contributed by atoms with Crippen molar-refractivity contribution in [3.63, 3.8) is 0 Å². The Hall–Kier alpha value is -3.69. The topological polar surface area (TPSA) is 109 Å². The predicted octanol–water partition coefficient (Wildman–Crippen LogP) is 7.40. The molecule has 0 aliphatic heterocycles. The van der Waals surface area contributed by atoms with E-state index < -0.39 is 0 Å². The minimum atomic E-state index is -0.140. The Kier molecular flexibility index (Phi) is 12.3. The second-order valence-electron chi connectivity index (χ2n) is 11.3. The van der Waals surface area contributed by atoms with E-state index in [0.717, 1.165) is 34.0 Å². The van der Waals surface area contributed by atoms with Crippen LogP contribution >= 0.6 is 23.2 Å². The first-order valence-electron chi connectivity index (χ1n) is 14.2. The van der Waals surface area contributed by atoms with E-state index in [0.29, 0.717) is 59.8 Å². The molecule has 0 saturated heterocycles. The second-order valence-corrected chi connectivity index (χ2v) is 12.2. The highest BCUT2D eigenvalue weighted by molar-refractivity contribution is 6.31. The van der Waals surface area contributed by atoms with Crippen LogP contribution in [0.1, 0.15) is 57.1 Å². The molecule has 0 aliphatic carbocycles. The molecule has 0 saturated carbocycles. The molecule has 2 aromatic heterocycles. The number of carbonyl (C=O) groups is 1. The number of amides is 1. The fourth-order valence-electron chi connectivity index (χ4n) is 4.07. The standard InChI is InChI=1S/C17H22ClN3O2.C15H20ClN3O/c1-11(2)10-23-16-6-5-15(18)8-14(16)9-21-12(3)7-17(20-21)19-13(4)22;1-10(2)9-20-14-5-4-13(16)7-12(14)8-19-11(3)6-15(17)18-19/h5-8,11H,9-10H2,1-4H3,(H,19,20,22);4-7,10H,8-9H2,1-3H3,(H2,17,18). The maximum atomic E-state index is 11.1. The Morgan fingerprint density at radius 3 is 1.70 bits per heavy atom. The summed E-state index contributed by atoms with van der Waals surface area (Å²) in [5.74, 6) is 3.49. The monoisotopic (exact) mass is 628 g/mol. The first-order valence-corrected chi connectivity index (χ1v) is 15.0. The average molecular weight is 630 g/mol. The summed E-state index contributed by atoms with van der Waals surface area (Å²) < 4.78 is 15.4. The molecule has 0 fully saturated rings. The Bertz CT molecular complexity index is 1510.